The summed E-state index contributed by atoms with van der Waals surface area (Å²) >= 11 is 6.08. The topological polar surface area (TPSA) is 102 Å². The number of carbonyl (C=O) groups is 1. The molecule has 0 bridgehead atoms. The molecule has 3 aromatic rings. The first-order valence-electron chi connectivity index (χ1n) is 8.03. The first kappa shape index (κ1) is 19.1. The molecule has 0 saturated heterocycles. The zero-order chi connectivity index (χ0) is 19.6. The number of benzene rings is 2. The van der Waals surface area contributed by atoms with Gasteiger partial charge >= 0.3 is 6.01 Å². The van der Waals surface area contributed by atoms with Gasteiger partial charge in [-0.05, 0) is 44.2 Å². The summed E-state index contributed by atoms with van der Waals surface area (Å²) in [5.41, 5.74) is 0.700. The van der Waals surface area contributed by atoms with Crippen molar-refractivity contribution in [2.45, 2.75) is 24.0 Å². The van der Waals surface area contributed by atoms with Crippen LogP contribution in [0.1, 0.15) is 24.2 Å². The number of hydrogen-bond donors (Lipinski definition) is 1. The lowest BCUT2D eigenvalue weighted by molar-refractivity contribution is 0.102. The Hall–Kier alpha value is -2.71. The molecule has 1 aromatic heterocycles. The third-order valence-electron chi connectivity index (χ3n) is 3.80. The van der Waals surface area contributed by atoms with Crippen molar-refractivity contribution in [3.05, 3.63) is 59.1 Å². The molecule has 0 aliphatic carbocycles. The predicted octanol–water partition coefficient (Wildman–Crippen LogP) is 3.82. The van der Waals surface area contributed by atoms with E-state index in [-0.39, 0.29) is 22.4 Å². The van der Waals surface area contributed by atoms with Crippen LogP contribution in [0, 0.1) is 0 Å². The fraction of sp³-hybridized carbons (Fsp3) is 0.167. The summed E-state index contributed by atoms with van der Waals surface area (Å²) in [6.45, 7) is 3.16. The lowest BCUT2D eigenvalue weighted by Gasteiger charge is -2.09. The predicted molar refractivity (Wildman–Crippen MR) is 101 cm³/mol. The monoisotopic (exact) mass is 405 g/mol. The smallest absolute Gasteiger partial charge is 0.322 e. The highest BCUT2D eigenvalue weighted by atomic mass is 35.5. The van der Waals surface area contributed by atoms with E-state index in [1.165, 1.54) is 24.3 Å². The Bertz CT molecular complexity index is 1090. The molecule has 0 unspecified atom stereocenters. The van der Waals surface area contributed by atoms with E-state index < -0.39 is 21.0 Å². The number of nitrogens with zero attached hydrogens (tertiary/aromatic N) is 2. The molecule has 0 aliphatic heterocycles. The van der Waals surface area contributed by atoms with Gasteiger partial charge in [0.25, 0.3) is 11.8 Å². The molecule has 1 N–H and O–H groups in total. The number of nitrogens with one attached hydrogen (secondary N) is 1. The molecule has 0 saturated carbocycles. The van der Waals surface area contributed by atoms with E-state index in [0.717, 1.165) is 0 Å². The Morgan fingerprint density at radius 2 is 1.85 bits per heavy atom. The molecule has 140 valence electrons. The molecule has 2 aromatic carbocycles. The number of rotatable bonds is 5. The Labute approximate surface area is 161 Å². The van der Waals surface area contributed by atoms with Crippen LogP contribution >= 0.6 is 11.6 Å². The lowest BCUT2D eigenvalue weighted by Crippen LogP contribution is -2.16. The maximum Gasteiger partial charge on any atom is 0.322 e. The Morgan fingerprint density at radius 3 is 2.56 bits per heavy atom. The van der Waals surface area contributed by atoms with Crippen LogP contribution in [-0.2, 0) is 9.84 Å². The molecule has 7 nitrogen and oxygen atoms in total. The van der Waals surface area contributed by atoms with Crippen molar-refractivity contribution in [3.63, 3.8) is 0 Å². The molecule has 0 radical (unpaired) electrons. The number of sulfone groups is 1. The van der Waals surface area contributed by atoms with Crippen molar-refractivity contribution in [1.29, 1.82) is 0 Å². The van der Waals surface area contributed by atoms with E-state index >= 15 is 0 Å². The van der Waals surface area contributed by atoms with Gasteiger partial charge in [0.05, 0.1) is 20.7 Å². The molecule has 1 amide bonds. The first-order valence-corrected chi connectivity index (χ1v) is 9.95. The summed E-state index contributed by atoms with van der Waals surface area (Å²) in [4.78, 5) is 12.5. The second-order valence-electron chi connectivity index (χ2n) is 5.97. The van der Waals surface area contributed by atoms with Crippen molar-refractivity contribution in [3.8, 4) is 11.5 Å². The van der Waals surface area contributed by atoms with E-state index in [1.807, 2.05) is 0 Å². The zero-order valence-corrected chi connectivity index (χ0v) is 16.1. The quantitative estimate of drug-likeness (QED) is 0.692. The van der Waals surface area contributed by atoms with E-state index in [0.29, 0.717) is 10.6 Å². The minimum atomic E-state index is -3.49. The average molecular weight is 406 g/mol. The number of amides is 1. The number of anilines is 1. The summed E-state index contributed by atoms with van der Waals surface area (Å²) in [5, 5.41) is 9.94. The Balaban J connectivity index is 1.82. The van der Waals surface area contributed by atoms with Gasteiger partial charge in [0.2, 0.25) is 0 Å². The SMILES string of the molecule is CC(C)S(=O)(=O)c1cccc(C(=O)Nc2nnc(-c3ccccc3Cl)o2)c1. The fourth-order valence-electron chi connectivity index (χ4n) is 2.27. The third kappa shape index (κ3) is 4.01. The molecule has 1 heterocycles. The van der Waals surface area contributed by atoms with Gasteiger partial charge in [-0.3, -0.25) is 10.1 Å². The van der Waals surface area contributed by atoms with Crippen molar-refractivity contribution in [2.24, 2.45) is 0 Å². The average Bonchev–Trinajstić information content (AvgIpc) is 3.10. The molecule has 0 fully saturated rings. The summed E-state index contributed by atoms with van der Waals surface area (Å²) in [5.74, 6) is -0.405. The van der Waals surface area contributed by atoms with Gasteiger partial charge < -0.3 is 4.42 Å². The Morgan fingerprint density at radius 1 is 1.11 bits per heavy atom. The molecule has 0 atom stereocenters. The van der Waals surface area contributed by atoms with Gasteiger partial charge in [-0.25, -0.2) is 8.42 Å². The van der Waals surface area contributed by atoms with Crippen LogP contribution < -0.4 is 5.32 Å². The second kappa shape index (κ2) is 7.50. The van der Waals surface area contributed by atoms with Gasteiger partial charge in [-0.1, -0.05) is 34.9 Å². The standard InChI is InChI=1S/C18H16ClN3O4S/c1-11(2)27(24,25)13-7-5-6-12(10-13)16(23)20-18-22-21-17(26-18)14-8-3-4-9-15(14)19/h3-11H,1-2H3,(H,20,22,23). The van der Waals surface area contributed by atoms with Crippen molar-refractivity contribution >= 4 is 33.4 Å². The summed E-state index contributed by atoms with van der Waals surface area (Å²) < 4.78 is 30.0. The zero-order valence-electron chi connectivity index (χ0n) is 14.5. The van der Waals surface area contributed by atoms with Crippen LogP contribution in [0.4, 0.5) is 6.01 Å². The van der Waals surface area contributed by atoms with E-state index in [4.69, 9.17) is 16.0 Å². The van der Waals surface area contributed by atoms with E-state index in [1.54, 1.807) is 38.1 Å². The maximum absolute atomic E-state index is 12.4. The number of halogens is 1. The number of carbonyl (C=O) groups excluding carboxylic acids is 1. The van der Waals surface area contributed by atoms with Gasteiger partial charge in [0.1, 0.15) is 0 Å². The van der Waals surface area contributed by atoms with Crippen LogP contribution in [0.3, 0.4) is 0 Å². The number of aromatic nitrogens is 2. The third-order valence-corrected chi connectivity index (χ3v) is 6.28. The minimum Gasteiger partial charge on any atom is -0.403 e. The van der Waals surface area contributed by atoms with Gasteiger partial charge in [0.15, 0.2) is 9.84 Å². The summed E-state index contributed by atoms with van der Waals surface area (Å²) in [7, 11) is -3.49. The first-order chi connectivity index (χ1) is 12.8. The molecule has 27 heavy (non-hydrogen) atoms. The molecular formula is C18H16ClN3O4S. The van der Waals surface area contributed by atoms with E-state index in [9.17, 15) is 13.2 Å². The van der Waals surface area contributed by atoms with Crippen LogP contribution in [-0.4, -0.2) is 29.8 Å². The molecular weight excluding hydrogens is 390 g/mol. The highest BCUT2D eigenvalue weighted by Gasteiger charge is 2.21. The molecule has 3 rings (SSSR count). The maximum atomic E-state index is 12.4. The Kier molecular flexibility index (Phi) is 5.29. The fourth-order valence-corrected chi connectivity index (χ4v) is 3.59. The van der Waals surface area contributed by atoms with Crippen LogP contribution in [0.15, 0.2) is 57.8 Å². The highest BCUT2D eigenvalue weighted by molar-refractivity contribution is 7.92. The van der Waals surface area contributed by atoms with E-state index in [2.05, 4.69) is 15.5 Å². The largest absolute Gasteiger partial charge is 0.403 e. The van der Waals surface area contributed by atoms with Crippen LogP contribution in [0.5, 0.6) is 0 Å². The van der Waals surface area contributed by atoms with Crippen molar-refractivity contribution in [1.82, 2.24) is 10.2 Å². The number of hydrogen-bond acceptors (Lipinski definition) is 6. The minimum absolute atomic E-state index is 0.0763. The highest BCUT2D eigenvalue weighted by Crippen LogP contribution is 2.27. The van der Waals surface area contributed by atoms with Gasteiger partial charge in [-0.15, -0.1) is 5.10 Å². The van der Waals surface area contributed by atoms with Gasteiger partial charge in [-0.2, -0.15) is 0 Å². The van der Waals surface area contributed by atoms with Crippen molar-refractivity contribution < 1.29 is 17.6 Å². The summed E-state index contributed by atoms with van der Waals surface area (Å²) in [6, 6.07) is 12.6. The summed E-state index contributed by atoms with van der Waals surface area (Å²) in [6.07, 6.45) is 0. The lowest BCUT2D eigenvalue weighted by atomic mass is 10.2. The van der Waals surface area contributed by atoms with Gasteiger partial charge in [0, 0.05) is 5.56 Å². The molecule has 9 heteroatoms. The normalized spacial score (nSPS) is 11.6. The second-order valence-corrected chi connectivity index (χ2v) is 8.88. The molecule has 0 spiro atoms. The van der Waals surface area contributed by atoms with Crippen LogP contribution in [0.2, 0.25) is 5.02 Å². The van der Waals surface area contributed by atoms with Crippen molar-refractivity contribution in [2.75, 3.05) is 5.32 Å². The van der Waals surface area contributed by atoms with Crippen LogP contribution in [0.25, 0.3) is 11.5 Å². The molecule has 0 aliphatic rings.